The van der Waals surface area contributed by atoms with Gasteiger partial charge < -0.3 is 0 Å². The molecule has 0 saturated carbocycles. The van der Waals surface area contributed by atoms with Crippen LogP contribution in [0.3, 0.4) is 0 Å². The average molecular weight is 229 g/mol. The molecule has 0 bridgehead atoms. The Morgan fingerprint density at radius 2 is 1.94 bits per heavy atom. The lowest BCUT2D eigenvalue weighted by Gasteiger charge is -1.94. The predicted octanol–water partition coefficient (Wildman–Crippen LogP) is 4.10. The lowest BCUT2D eigenvalue weighted by Crippen LogP contribution is -1.80. The molecule has 0 aliphatic carbocycles. The smallest absolute Gasteiger partial charge is 0.141 e. The number of thiophene rings is 1. The Bertz CT molecular complexity index is 595. The minimum absolute atomic E-state index is 0.301. The van der Waals surface area contributed by atoms with E-state index in [0.29, 0.717) is 0 Å². The lowest BCUT2D eigenvalue weighted by molar-refractivity contribution is 0.622. The minimum Gasteiger partial charge on any atom is -0.252 e. The molecule has 0 fully saturated rings. The Kier molecular flexibility index (Phi) is 2.18. The highest BCUT2D eigenvalue weighted by atomic mass is 32.1. The number of nitrogens with zero attached hydrogens (tertiary/aromatic N) is 1. The SMILES string of the molecule is Fc1ccc(-c2cc3ccccc3s2)nc1. The fourth-order valence-electron chi connectivity index (χ4n) is 1.63. The maximum Gasteiger partial charge on any atom is 0.141 e. The number of halogens is 1. The van der Waals surface area contributed by atoms with E-state index in [-0.39, 0.29) is 5.82 Å². The highest BCUT2D eigenvalue weighted by Crippen LogP contribution is 2.32. The second-order valence-corrected chi connectivity index (χ2v) is 4.59. The zero-order valence-corrected chi connectivity index (χ0v) is 9.17. The van der Waals surface area contributed by atoms with Crippen LogP contribution in [0, 0.1) is 5.82 Å². The molecular weight excluding hydrogens is 221 g/mol. The topological polar surface area (TPSA) is 12.9 Å². The molecule has 0 spiro atoms. The largest absolute Gasteiger partial charge is 0.252 e. The van der Waals surface area contributed by atoms with Crippen molar-refractivity contribution in [3.8, 4) is 10.6 Å². The molecule has 0 aliphatic heterocycles. The van der Waals surface area contributed by atoms with E-state index in [1.807, 2.05) is 12.1 Å². The van der Waals surface area contributed by atoms with Crippen molar-refractivity contribution >= 4 is 21.4 Å². The first-order chi connectivity index (χ1) is 7.83. The van der Waals surface area contributed by atoms with Gasteiger partial charge >= 0.3 is 0 Å². The summed E-state index contributed by atoms with van der Waals surface area (Å²) in [5, 5.41) is 1.20. The molecule has 3 aromatic rings. The third kappa shape index (κ3) is 1.59. The van der Waals surface area contributed by atoms with Gasteiger partial charge in [-0.2, -0.15) is 0 Å². The summed E-state index contributed by atoms with van der Waals surface area (Å²) < 4.78 is 14.0. The van der Waals surface area contributed by atoms with E-state index in [2.05, 4.69) is 23.2 Å². The van der Waals surface area contributed by atoms with E-state index >= 15 is 0 Å². The molecule has 3 rings (SSSR count). The molecule has 2 aromatic heterocycles. The van der Waals surface area contributed by atoms with Crippen molar-refractivity contribution in [2.24, 2.45) is 0 Å². The summed E-state index contributed by atoms with van der Waals surface area (Å²) in [7, 11) is 0. The molecule has 3 heteroatoms. The third-order valence-electron chi connectivity index (χ3n) is 2.41. The van der Waals surface area contributed by atoms with Gasteiger partial charge in [-0.3, -0.25) is 4.98 Å². The Morgan fingerprint density at radius 1 is 1.06 bits per heavy atom. The van der Waals surface area contributed by atoms with Gasteiger partial charge in [0.2, 0.25) is 0 Å². The van der Waals surface area contributed by atoms with Crippen LogP contribution in [0.2, 0.25) is 0 Å². The number of aromatic nitrogens is 1. The van der Waals surface area contributed by atoms with Gasteiger partial charge in [0.25, 0.3) is 0 Å². The normalized spacial score (nSPS) is 10.8. The molecule has 0 saturated heterocycles. The molecule has 0 radical (unpaired) electrons. The van der Waals surface area contributed by atoms with Crippen molar-refractivity contribution in [3.05, 3.63) is 54.5 Å². The zero-order valence-electron chi connectivity index (χ0n) is 8.35. The van der Waals surface area contributed by atoms with Crippen LogP contribution in [-0.2, 0) is 0 Å². The monoisotopic (exact) mass is 229 g/mol. The first-order valence-electron chi connectivity index (χ1n) is 4.93. The van der Waals surface area contributed by atoms with Crippen LogP contribution in [0.25, 0.3) is 20.7 Å². The molecule has 1 aromatic carbocycles. The van der Waals surface area contributed by atoms with Crippen LogP contribution in [-0.4, -0.2) is 4.98 Å². The number of hydrogen-bond donors (Lipinski definition) is 0. The fourth-order valence-corrected chi connectivity index (χ4v) is 2.67. The Hall–Kier alpha value is -1.74. The zero-order chi connectivity index (χ0) is 11.0. The quantitative estimate of drug-likeness (QED) is 0.612. The first kappa shape index (κ1) is 9.48. The minimum atomic E-state index is -0.301. The summed E-state index contributed by atoms with van der Waals surface area (Å²) in [6, 6.07) is 13.4. The van der Waals surface area contributed by atoms with Gasteiger partial charge in [-0.05, 0) is 29.7 Å². The molecule has 0 N–H and O–H groups in total. The highest BCUT2D eigenvalue weighted by Gasteiger charge is 2.04. The van der Waals surface area contributed by atoms with Gasteiger partial charge in [-0.25, -0.2) is 4.39 Å². The van der Waals surface area contributed by atoms with Crippen molar-refractivity contribution in [2.75, 3.05) is 0 Å². The Labute approximate surface area is 96.2 Å². The van der Waals surface area contributed by atoms with Crippen LogP contribution in [0.15, 0.2) is 48.7 Å². The highest BCUT2D eigenvalue weighted by molar-refractivity contribution is 7.22. The fraction of sp³-hybridized carbons (Fsp3) is 0. The van der Waals surface area contributed by atoms with Gasteiger partial charge in [0, 0.05) is 4.70 Å². The molecule has 0 atom stereocenters. The van der Waals surface area contributed by atoms with Gasteiger partial charge in [-0.1, -0.05) is 18.2 Å². The molecule has 78 valence electrons. The molecule has 1 nitrogen and oxygen atoms in total. The van der Waals surface area contributed by atoms with E-state index in [1.165, 1.54) is 22.3 Å². The molecule has 0 aliphatic rings. The van der Waals surface area contributed by atoms with Crippen LogP contribution >= 0.6 is 11.3 Å². The van der Waals surface area contributed by atoms with Crippen molar-refractivity contribution in [2.45, 2.75) is 0 Å². The molecule has 0 unspecified atom stereocenters. The van der Waals surface area contributed by atoms with Crippen molar-refractivity contribution in [3.63, 3.8) is 0 Å². The molecule has 16 heavy (non-hydrogen) atoms. The van der Waals surface area contributed by atoms with Crippen LogP contribution in [0.4, 0.5) is 4.39 Å². The number of rotatable bonds is 1. The first-order valence-corrected chi connectivity index (χ1v) is 5.75. The summed E-state index contributed by atoms with van der Waals surface area (Å²) in [5.74, 6) is -0.301. The lowest BCUT2D eigenvalue weighted by atomic mass is 10.2. The number of fused-ring (bicyclic) bond motifs is 1. The Morgan fingerprint density at radius 3 is 2.69 bits per heavy atom. The summed E-state index contributed by atoms with van der Waals surface area (Å²) in [5.41, 5.74) is 0.822. The van der Waals surface area contributed by atoms with E-state index < -0.39 is 0 Å². The summed E-state index contributed by atoms with van der Waals surface area (Å²) in [4.78, 5) is 5.15. The number of hydrogen-bond acceptors (Lipinski definition) is 2. The molecular formula is C13H8FNS. The number of benzene rings is 1. The standard InChI is InChI=1S/C13H8FNS/c14-10-5-6-11(15-8-10)13-7-9-3-1-2-4-12(9)16-13/h1-8H. The maximum absolute atomic E-state index is 12.7. The third-order valence-corrected chi connectivity index (χ3v) is 3.54. The van der Waals surface area contributed by atoms with Crippen LogP contribution in [0.1, 0.15) is 0 Å². The second kappa shape index (κ2) is 3.68. The van der Waals surface area contributed by atoms with Crippen LogP contribution < -0.4 is 0 Å². The van der Waals surface area contributed by atoms with E-state index in [1.54, 1.807) is 17.4 Å². The molecule has 0 amide bonds. The molecule has 2 heterocycles. The number of pyridine rings is 1. The van der Waals surface area contributed by atoms with Gasteiger partial charge in [-0.15, -0.1) is 11.3 Å². The maximum atomic E-state index is 12.7. The second-order valence-electron chi connectivity index (χ2n) is 3.51. The van der Waals surface area contributed by atoms with Gasteiger partial charge in [0.15, 0.2) is 0 Å². The summed E-state index contributed by atoms with van der Waals surface area (Å²) >= 11 is 1.67. The van der Waals surface area contributed by atoms with Crippen molar-refractivity contribution < 1.29 is 4.39 Å². The van der Waals surface area contributed by atoms with E-state index in [4.69, 9.17) is 0 Å². The van der Waals surface area contributed by atoms with Gasteiger partial charge in [0.05, 0.1) is 16.8 Å². The predicted molar refractivity (Wildman–Crippen MR) is 65.0 cm³/mol. The van der Waals surface area contributed by atoms with Gasteiger partial charge in [0.1, 0.15) is 5.82 Å². The Balaban J connectivity index is 2.15. The van der Waals surface area contributed by atoms with E-state index in [9.17, 15) is 4.39 Å². The average Bonchev–Trinajstić information content (AvgIpc) is 2.73. The summed E-state index contributed by atoms with van der Waals surface area (Å²) in [6.07, 6.45) is 1.25. The van der Waals surface area contributed by atoms with E-state index in [0.717, 1.165) is 10.6 Å². The van der Waals surface area contributed by atoms with Crippen molar-refractivity contribution in [1.29, 1.82) is 0 Å². The van der Waals surface area contributed by atoms with Crippen LogP contribution in [0.5, 0.6) is 0 Å². The van der Waals surface area contributed by atoms with Crippen molar-refractivity contribution in [1.82, 2.24) is 4.98 Å². The summed E-state index contributed by atoms with van der Waals surface area (Å²) in [6.45, 7) is 0.